The van der Waals surface area contributed by atoms with Crippen molar-refractivity contribution in [1.29, 1.82) is 0 Å². The fourth-order valence-corrected chi connectivity index (χ4v) is 4.95. The van der Waals surface area contributed by atoms with Crippen LogP contribution in [-0.4, -0.2) is 27.5 Å². The van der Waals surface area contributed by atoms with Crippen molar-refractivity contribution in [3.05, 3.63) is 118 Å². The number of carboxylic acids is 1. The topological polar surface area (TPSA) is 64.4 Å². The van der Waals surface area contributed by atoms with E-state index in [4.69, 9.17) is 4.74 Å². The highest BCUT2D eigenvalue weighted by Gasteiger charge is 2.18. The number of aromatic nitrogens is 2. The predicted octanol–water partition coefficient (Wildman–Crippen LogP) is 7.05. The molecular weight excluding hydrogens is 460 g/mol. The fraction of sp³-hybridized carbons (Fsp3) is 0.312. The third kappa shape index (κ3) is 7.10. The van der Waals surface area contributed by atoms with Crippen LogP contribution in [-0.2, 0) is 13.0 Å². The molecule has 5 nitrogen and oxygen atoms in total. The second-order valence-corrected chi connectivity index (χ2v) is 10.3. The Morgan fingerprint density at radius 1 is 0.973 bits per heavy atom. The second-order valence-electron chi connectivity index (χ2n) is 10.3. The number of hydrogen-bond acceptors (Lipinski definition) is 3. The molecule has 3 aromatic carbocycles. The quantitative estimate of drug-likeness (QED) is 0.242. The molecule has 5 heteroatoms. The van der Waals surface area contributed by atoms with Gasteiger partial charge in [0.05, 0.1) is 18.7 Å². The van der Waals surface area contributed by atoms with Gasteiger partial charge >= 0.3 is 5.97 Å². The molecule has 1 unspecified atom stereocenters. The van der Waals surface area contributed by atoms with Crippen LogP contribution >= 0.6 is 0 Å². The van der Waals surface area contributed by atoms with Crippen molar-refractivity contribution < 1.29 is 14.6 Å². The van der Waals surface area contributed by atoms with Crippen LogP contribution in [0, 0.1) is 19.8 Å². The van der Waals surface area contributed by atoms with Gasteiger partial charge in [-0.15, -0.1) is 0 Å². The van der Waals surface area contributed by atoms with Gasteiger partial charge in [0.1, 0.15) is 5.75 Å². The van der Waals surface area contributed by atoms with E-state index in [0.29, 0.717) is 31.1 Å². The van der Waals surface area contributed by atoms with Crippen molar-refractivity contribution in [2.24, 2.45) is 5.92 Å². The van der Waals surface area contributed by atoms with Crippen LogP contribution in [0.4, 0.5) is 0 Å². The molecule has 4 rings (SSSR count). The van der Waals surface area contributed by atoms with Crippen LogP contribution in [0.3, 0.4) is 0 Å². The Hall–Kier alpha value is -3.86. The van der Waals surface area contributed by atoms with Crippen molar-refractivity contribution in [1.82, 2.24) is 9.78 Å². The molecule has 0 saturated carbocycles. The Morgan fingerprint density at radius 3 is 2.41 bits per heavy atom. The van der Waals surface area contributed by atoms with Crippen molar-refractivity contribution >= 4 is 5.97 Å². The van der Waals surface area contributed by atoms with E-state index < -0.39 is 5.97 Å². The first-order chi connectivity index (χ1) is 17.8. The fourth-order valence-electron chi connectivity index (χ4n) is 4.95. The summed E-state index contributed by atoms with van der Waals surface area (Å²) in [6.07, 6.45) is 5.22. The average Bonchev–Trinajstić information content (AvgIpc) is 3.35. The molecule has 37 heavy (non-hydrogen) atoms. The lowest BCUT2D eigenvalue weighted by Crippen LogP contribution is -2.14. The Labute approximate surface area is 219 Å². The number of aromatic carboxylic acids is 1. The minimum absolute atomic E-state index is 0.257. The van der Waals surface area contributed by atoms with Gasteiger partial charge in [-0.3, -0.25) is 4.68 Å². The standard InChI is InChI=1S/C32H36N2O3/c1-22(2)14-29(28-16-23(3)15-24(4)17-28)21-37-31-18-25(20-34-13-7-12-33-34)10-11-27(31)19-26-8-5-6-9-30(26)32(35)36/h5-13,15-18,22,29H,14,19-21H2,1-4H3,(H,35,36). The number of ether oxygens (including phenoxy) is 1. The van der Waals surface area contributed by atoms with E-state index in [1.165, 1.54) is 16.7 Å². The highest BCUT2D eigenvalue weighted by Crippen LogP contribution is 2.30. The second kappa shape index (κ2) is 11.9. The van der Waals surface area contributed by atoms with E-state index in [-0.39, 0.29) is 5.92 Å². The van der Waals surface area contributed by atoms with Gasteiger partial charge in [-0.1, -0.05) is 73.5 Å². The minimum atomic E-state index is -0.916. The van der Waals surface area contributed by atoms with Gasteiger partial charge in [-0.2, -0.15) is 5.10 Å². The first kappa shape index (κ1) is 26.2. The highest BCUT2D eigenvalue weighted by molar-refractivity contribution is 5.89. The number of rotatable bonds is 11. The van der Waals surface area contributed by atoms with Gasteiger partial charge in [-0.05, 0) is 66.6 Å². The summed E-state index contributed by atoms with van der Waals surface area (Å²) >= 11 is 0. The van der Waals surface area contributed by atoms with Gasteiger partial charge in [0, 0.05) is 24.7 Å². The molecule has 0 spiro atoms. The number of carboxylic acid groups (broad SMARTS) is 1. The number of nitrogens with zero attached hydrogens (tertiary/aromatic N) is 2. The summed E-state index contributed by atoms with van der Waals surface area (Å²) in [6, 6.07) is 22.0. The van der Waals surface area contributed by atoms with Gasteiger partial charge in [-0.25, -0.2) is 4.79 Å². The largest absolute Gasteiger partial charge is 0.493 e. The van der Waals surface area contributed by atoms with E-state index in [0.717, 1.165) is 28.9 Å². The van der Waals surface area contributed by atoms with Gasteiger partial charge in [0.15, 0.2) is 0 Å². The Kier molecular flexibility index (Phi) is 8.44. The minimum Gasteiger partial charge on any atom is -0.493 e. The molecular formula is C32H36N2O3. The normalized spacial score (nSPS) is 12.0. The van der Waals surface area contributed by atoms with Crippen molar-refractivity contribution in [2.75, 3.05) is 6.61 Å². The molecule has 0 aliphatic heterocycles. The first-order valence-corrected chi connectivity index (χ1v) is 12.9. The number of benzene rings is 3. The van der Waals surface area contributed by atoms with Gasteiger partial charge < -0.3 is 9.84 Å². The van der Waals surface area contributed by atoms with Crippen molar-refractivity contribution in [3.8, 4) is 5.75 Å². The summed E-state index contributed by atoms with van der Waals surface area (Å²) < 4.78 is 8.47. The molecule has 0 saturated heterocycles. The molecule has 1 atom stereocenters. The van der Waals surface area contributed by atoms with Gasteiger partial charge in [0.25, 0.3) is 0 Å². The maximum absolute atomic E-state index is 11.8. The summed E-state index contributed by atoms with van der Waals surface area (Å²) in [5.74, 6) is 0.665. The van der Waals surface area contributed by atoms with Crippen LogP contribution in [0.25, 0.3) is 0 Å². The molecule has 4 aromatic rings. The summed E-state index contributed by atoms with van der Waals surface area (Å²) in [4.78, 5) is 11.8. The van der Waals surface area contributed by atoms with Gasteiger partial charge in [0.2, 0.25) is 0 Å². The molecule has 1 heterocycles. The maximum Gasteiger partial charge on any atom is 0.335 e. The monoisotopic (exact) mass is 496 g/mol. The number of aryl methyl sites for hydroxylation is 2. The lowest BCUT2D eigenvalue weighted by molar-refractivity contribution is 0.0696. The Bertz CT molecular complexity index is 1320. The van der Waals surface area contributed by atoms with E-state index >= 15 is 0 Å². The predicted molar refractivity (Wildman–Crippen MR) is 148 cm³/mol. The summed E-state index contributed by atoms with van der Waals surface area (Å²) in [6.45, 7) is 9.96. The molecule has 0 radical (unpaired) electrons. The Morgan fingerprint density at radius 2 is 1.73 bits per heavy atom. The summed E-state index contributed by atoms with van der Waals surface area (Å²) in [5.41, 5.74) is 6.97. The molecule has 1 aromatic heterocycles. The third-order valence-electron chi connectivity index (χ3n) is 6.58. The maximum atomic E-state index is 11.8. The van der Waals surface area contributed by atoms with Crippen LogP contribution in [0.2, 0.25) is 0 Å². The molecule has 0 amide bonds. The zero-order valence-corrected chi connectivity index (χ0v) is 22.1. The van der Waals surface area contributed by atoms with E-state index in [9.17, 15) is 9.90 Å². The molecule has 0 aliphatic carbocycles. The van der Waals surface area contributed by atoms with Crippen LogP contribution in [0.15, 0.2) is 79.1 Å². The van der Waals surface area contributed by atoms with Crippen LogP contribution < -0.4 is 4.74 Å². The smallest absolute Gasteiger partial charge is 0.335 e. The summed E-state index contributed by atoms with van der Waals surface area (Å²) in [7, 11) is 0. The third-order valence-corrected chi connectivity index (χ3v) is 6.58. The zero-order valence-electron chi connectivity index (χ0n) is 22.1. The SMILES string of the molecule is Cc1cc(C)cc(C(COc2cc(Cn3cccn3)ccc2Cc2ccccc2C(=O)O)CC(C)C)c1. The van der Waals surface area contributed by atoms with Crippen LogP contribution in [0.1, 0.15) is 69.9 Å². The molecule has 192 valence electrons. The van der Waals surface area contributed by atoms with E-state index in [1.54, 1.807) is 18.3 Å². The molecule has 0 bridgehead atoms. The number of hydrogen-bond donors (Lipinski definition) is 1. The van der Waals surface area contributed by atoms with Crippen molar-refractivity contribution in [3.63, 3.8) is 0 Å². The highest BCUT2D eigenvalue weighted by atomic mass is 16.5. The van der Waals surface area contributed by atoms with E-state index in [1.807, 2.05) is 29.1 Å². The first-order valence-electron chi connectivity index (χ1n) is 12.9. The molecule has 1 N–H and O–H groups in total. The Balaban J connectivity index is 1.65. The molecule has 0 fully saturated rings. The van der Waals surface area contributed by atoms with Crippen LogP contribution in [0.5, 0.6) is 5.75 Å². The zero-order chi connectivity index (χ0) is 26.4. The van der Waals surface area contributed by atoms with E-state index in [2.05, 4.69) is 69.2 Å². The molecule has 0 aliphatic rings. The number of carbonyl (C=O) groups is 1. The average molecular weight is 497 g/mol. The summed E-state index contributed by atoms with van der Waals surface area (Å²) in [5, 5.41) is 14.0. The lowest BCUT2D eigenvalue weighted by Gasteiger charge is -2.23. The lowest BCUT2D eigenvalue weighted by atomic mass is 9.89. The van der Waals surface area contributed by atoms with Crippen molar-refractivity contribution in [2.45, 2.75) is 53.0 Å².